The van der Waals surface area contributed by atoms with E-state index in [0.29, 0.717) is 41.1 Å². The molecule has 5 rings (SSSR count). The number of fused-ring (bicyclic) bond motifs is 1. The van der Waals surface area contributed by atoms with Crippen molar-refractivity contribution < 1.29 is 23.4 Å². The van der Waals surface area contributed by atoms with Crippen LogP contribution in [0.1, 0.15) is 67.7 Å². The van der Waals surface area contributed by atoms with Crippen molar-refractivity contribution in [3.63, 3.8) is 0 Å². The van der Waals surface area contributed by atoms with E-state index in [1.165, 1.54) is 25.4 Å². The number of aromatic nitrogens is 4. The number of methoxy groups -OCH3 is 1. The molecule has 0 aliphatic carbocycles. The number of aryl methyl sites for hydroxylation is 1. The normalized spacial score (nSPS) is 16.9. The summed E-state index contributed by atoms with van der Waals surface area (Å²) in [5.74, 6) is -1.40. The highest BCUT2D eigenvalue weighted by molar-refractivity contribution is 5.93. The molecule has 1 N–H and O–H groups in total. The molecule has 0 saturated carbocycles. The van der Waals surface area contributed by atoms with E-state index in [4.69, 9.17) is 4.74 Å². The number of benzene rings is 1. The van der Waals surface area contributed by atoms with Crippen molar-refractivity contribution in [1.29, 1.82) is 0 Å². The Bertz CT molecular complexity index is 1520. The third-order valence-electron chi connectivity index (χ3n) is 7.30. The van der Waals surface area contributed by atoms with Crippen molar-refractivity contribution >= 4 is 11.6 Å². The summed E-state index contributed by atoms with van der Waals surface area (Å²) in [4.78, 5) is 23.8. The first-order chi connectivity index (χ1) is 18.8. The topological polar surface area (TPSA) is 92.9 Å². The van der Waals surface area contributed by atoms with E-state index in [2.05, 4.69) is 22.0 Å². The number of carbonyl (C=O) groups excluding carboxylic acids is 1. The lowest BCUT2D eigenvalue weighted by atomic mass is 10.0. The predicted molar refractivity (Wildman–Crippen MR) is 142 cm³/mol. The number of nitrogens with zero attached hydrogens (tertiary/aromatic N) is 5. The van der Waals surface area contributed by atoms with Crippen LogP contribution in [0.4, 0.5) is 8.78 Å². The van der Waals surface area contributed by atoms with Crippen LogP contribution < -0.4 is 0 Å². The van der Waals surface area contributed by atoms with Crippen molar-refractivity contribution in [1.82, 2.24) is 24.5 Å². The van der Waals surface area contributed by atoms with Crippen molar-refractivity contribution in [3.05, 3.63) is 71.3 Å². The first kappa shape index (κ1) is 26.8. The number of hydrogen-bond donors (Lipinski definition) is 1. The van der Waals surface area contributed by atoms with E-state index < -0.39 is 17.9 Å². The smallest absolute Gasteiger partial charge is 0.272 e. The van der Waals surface area contributed by atoms with Gasteiger partial charge in [-0.3, -0.25) is 9.78 Å². The molecule has 1 fully saturated rings. The number of hydrogen-bond acceptors (Lipinski definition) is 6. The molecular weight excluding hydrogens is 504 g/mol. The summed E-state index contributed by atoms with van der Waals surface area (Å²) in [6, 6.07) is 9.27. The molecular formula is C29H31F2N5O3. The van der Waals surface area contributed by atoms with Gasteiger partial charge in [0.2, 0.25) is 6.29 Å². The van der Waals surface area contributed by atoms with Gasteiger partial charge in [-0.05, 0) is 56.0 Å². The fourth-order valence-corrected chi connectivity index (χ4v) is 5.06. The Kier molecular flexibility index (Phi) is 7.67. The second kappa shape index (κ2) is 11.2. The fraction of sp³-hybridized carbons (Fsp3) is 0.379. The third kappa shape index (κ3) is 5.26. The number of rotatable bonds is 6. The van der Waals surface area contributed by atoms with Gasteiger partial charge >= 0.3 is 0 Å². The zero-order chi connectivity index (χ0) is 27.7. The van der Waals surface area contributed by atoms with E-state index >= 15 is 4.39 Å². The molecule has 1 aliphatic heterocycles. The number of aliphatic hydroxyl groups is 1. The molecule has 1 saturated heterocycles. The van der Waals surface area contributed by atoms with Gasteiger partial charge in [0.25, 0.3) is 5.91 Å². The van der Waals surface area contributed by atoms with Crippen molar-refractivity contribution in [2.45, 2.75) is 58.3 Å². The molecule has 8 nitrogen and oxygen atoms in total. The number of carbonyl (C=O) groups is 1. The van der Waals surface area contributed by atoms with E-state index in [0.717, 1.165) is 31.4 Å². The molecule has 39 heavy (non-hydrogen) atoms. The standard InChI is InChI=1S/C29H31F2N5O3/c1-4-20-14-25(28(37)35-11-7-5-6-8-17(35)2)33-26-15-24(34-36(20)26)21-10-9-18(12-22(21)30)19-13-23(31)27(32-16-19)29(38)39-3/h9-10,12-17,29,38H,4-8,11H2,1-3H3/t17-,29?/m1/s1. The summed E-state index contributed by atoms with van der Waals surface area (Å²) < 4.78 is 36.1. The lowest BCUT2D eigenvalue weighted by Crippen LogP contribution is -2.38. The molecule has 10 heteroatoms. The van der Waals surface area contributed by atoms with Crippen molar-refractivity contribution in [2.24, 2.45) is 0 Å². The van der Waals surface area contributed by atoms with Gasteiger partial charge in [0.05, 0.1) is 5.69 Å². The van der Waals surface area contributed by atoms with E-state index in [-0.39, 0.29) is 23.2 Å². The number of halogens is 2. The Morgan fingerprint density at radius 1 is 1.13 bits per heavy atom. The van der Waals surface area contributed by atoms with E-state index in [1.54, 1.807) is 28.8 Å². The minimum absolute atomic E-state index is 0.0928. The summed E-state index contributed by atoms with van der Waals surface area (Å²) in [7, 11) is 1.24. The molecule has 3 aromatic heterocycles. The SMILES string of the molecule is CCc1cc(C(=O)N2CCCCC[C@H]2C)nc2cc(-c3ccc(-c4cnc(C(O)OC)c(F)c4)cc3F)nn12. The van der Waals surface area contributed by atoms with E-state index in [9.17, 15) is 14.3 Å². The largest absolute Gasteiger partial charge is 0.363 e. The molecule has 4 aromatic rings. The van der Waals surface area contributed by atoms with Gasteiger partial charge in [-0.1, -0.05) is 25.8 Å². The van der Waals surface area contributed by atoms with Crippen LogP contribution in [-0.2, 0) is 11.2 Å². The molecule has 204 valence electrons. The second-order valence-electron chi connectivity index (χ2n) is 9.86. The summed E-state index contributed by atoms with van der Waals surface area (Å²) in [5.41, 5.74) is 2.78. The Labute approximate surface area is 225 Å². The maximum Gasteiger partial charge on any atom is 0.272 e. The first-order valence-corrected chi connectivity index (χ1v) is 13.2. The van der Waals surface area contributed by atoms with Gasteiger partial charge in [-0.25, -0.2) is 18.3 Å². The van der Waals surface area contributed by atoms with Crippen LogP contribution in [0.15, 0.2) is 42.6 Å². The highest BCUT2D eigenvalue weighted by Crippen LogP contribution is 2.30. The molecule has 0 spiro atoms. The molecule has 1 aromatic carbocycles. The molecule has 0 bridgehead atoms. The predicted octanol–water partition coefficient (Wildman–Crippen LogP) is 5.34. The van der Waals surface area contributed by atoms with Crippen LogP contribution in [0.3, 0.4) is 0 Å². The molecule has 4 heterocycles. The van der Waals surface area contributed by atoms with Gasteiger partial charge in [0, 0.05) is 48.8 Å². The average molecular weight is 536 g/mol. The lowest BCUT2D eigenvalue weighted by Gasteiger charge is -2.27. The summed E-state index contributed by atoms with van der Waals surface area (Å²) >= 11 is 0. The first-order valence-electron chi connectivity index (χ1n) is 13.2. The van der Waals surface area contributed by atoms with Crippen LogP contribution in [0, 0.1) is 11.6 Å². The molecule has 1 aliphatic rings. The number of amides is 1. The van der Waals surface area contributed by atoms with Crippen LogP contribution in [-0.4, -0.2) is 55.2 Å². The maximum atomic E-state index is 15.3. The lowest BCUT2D eigenvalue weighted by molar-refractivity contribution is -0.0821. The number of likely N-dealkylation sites (tertiary alicyclic amines) is 1. The zero-order valence-electron chi connectivity index (χ0n) is 22.2. The van der Waals surface area contributed by atoms with Crippen molar-refractivity contribution in [3.8, 4) is 22.4 Å². The zero-order valence-corrected chi connectivity index (χ0v) is 22.2. The Morgan fingerprint density at radius 2 is 1.92 bits per heavy atom. The van der Waals surface area contributed by atoms with Crippen LogP contribution >= 0.6 is 0 Å². The Hall–Kier alpha value is -3.76. The van der Waals surface area contributed by atoms with E-state index in [1.807, 2.05) is 11.8 Å². The van der Waals surface area contributed by atoms with Crippen LogP contribution in [0.2, 0.25) is 0 Å². The average Bonchev–Trinajstić information content (AvgIpc) is 3.25. The molecule has 1 unspecified atom stereocenters. The summed E-state index contributed by atoms with van der Waals surface area (Å²) in [6.07, 6.45) is 4.66. The van der Waals surface area contributed by atoms with Gasteiger partial charge in [-0.15, -0.1) is 0 Å². The monoisotopic (exact) mass is 535 g/mol. The molecule has 2 atom stereocenters. The highest BCUT2D eigenvalue weighted by atomic mass is 19.1. The number of pyridine rings is 1. The Balaban J connectivity index is 1.47. The summed E-state index contributed by atoms with van der Waals surface area (Å²) in [6.45, 7) is 4.76. The third-order valence-corrected chi connectivity index (χ3v) is 7.30. The quantitative estimate of drug-likeness (QED) is 0.335. The highest BCUT2D eigenvalue weighted by Gasteiger charge is 2.25. The molecule has 1 amide bonds. The second-order valence-corrected chi connectivity index (χ2v) is 9.86. The van der Waals surface area contributed by atoms with Crippen molar-refractivity contribution in [2.75, 3.05) is 13.7 Å². The maximum absolute atomic E-state index is 15.3. The number of ether oxygens (including phenoxy) is 1. The van der Waals surface area contributed by atoms with Gasteiger partial charge in [0.1, 0.15) is 17.2 Å². The van der Waals surface area contributed by atoms with Crippen LogP contribution in [0.5, 0.6) is 0 Å². The minimum Gasteiger partial charge on any atom is -0.363 e. The summed E-state index contributed by atoms with van der Waals surface area (Å²) in [5, 5.41) is 14.3. The number of aliphatic hydroxyl groups excluding tert-OH is 1. The minimum atomic E-state index is -1.49. The van der Waals surface area contributed by atoms with Crippen LogP contribution in [0.25, 0.3) is 28.0 Å². The van der Waals surface area contributed by atoms with Gasteiger partial charge in [-0.2, -0.15) is 5.10 Å². The van der Waals surface area contributed by atoms with Gasteiger partial charge in [0.15, 0.2) is 11.5 Å². The Morgan fingerprint density at radius 3 is 2.64 bits per heavy atom. The van der Waals surface area contributed by atoms with Gasteiger partial charge < -0.3 is 14.7 Å². The molecule has 0 radical (unpaired) electrons. The fourth-order valence-electron chi connectivity index (χ4n) is 5.06.